The van der Waals surface area contributed by atoms with E-state index < -0.39 is 0 Å². The predicted molar refractivity (Wildman–Crippen MR) is 156 cm³/mol. The zero-order valence-electron chi connectivity index (χ0n) is 23.5. The third-order valence-corrected chi connectivity index (χ3v) is 7.66. The Hall–Kier alpha value is -2.10. The molecule has 0 N–H and O–H groups in total. The molecule has 2 aromatic carbocycles. The van der Waals surface area contributed by atoms with Gasteiger partial charge in [0, 0.05) is 11.5 Å². The first-order chi connectivity index (χ1) is 18.2. The fraction of sp³-hybridized carbons (Fsp3) is 0.588. The van der Waals surface area contributed by atoms with Crippen LogP contribution in [-0.4, -0.2) is 19.8 Å². The van der Waals surface area contributed by atoms with Crippen molar-refractivity contribution in [1.29, 1.82) is 0 Å². The summed E-state index contributed by atoms with van der Waals surface area (Å²) >= 11 is 0. The first-order valence-electron chi connectivity index (χ1n) is 14.9. The molecular weight excluding hydrogens is 456 g/mol. The molecule has 3 rings (SSSR count). The van der Waals surface area contributed by atoms with E-state index in [1.54, 1.807) is 0 Å². The van der Waals surface area contributed by atoms with Gasteiger partial charge in [0.25, 0.3) is 0 Å². The van der Waals surface area contributed by atoms with Crippen LogP contribution in [0.5, 0.6) is 5.75 Å². The van der Waals surface area contributed by atoms with Gasteiger partial charge in [-0.05, 0) is 54.9 Å². The van der Waals surface area contributed by atoms with Gasteiger partial charge in [-0.25, -0.2) is 0 Å². The second-order valence-electron chi connectivity index (χ2n) is 10.9. The maximum absolute atomic E-state index is 6.07. The van der Waals surface area contributed by atoms with Crippen LogP contribution in [0.3, 0.4) is 0 Å². The monoisotopic (exact) mass is 506 g/mol. The summed E-state index contributed by atoms with van der Waals surface area (Å²) in [5.74, 6) is 2.30. The number of ether oxygens (including phenoxy) is 3. The average Bonchev–Trinajstić information content (AvgIpc) is 2.95. The highest BCUT2D eigenvalue weighted by molar-refractivity contribution is 5.64. The molecule has 0 radical (unpaired) electrons. The molecule has 0 aliphatic carbocycles. The van der Waals surface area contributed by atoms with E-state index in [1.165, 1.54) is 75.3 Å². The third-order valence-electron chi connectivity index (χ3n) is 7.66. The van der Waals surface area contributed by atoms with E-state index in [9.17, 15) is 0 Å². The van der Waals surface area contributed by atoms with E-state index in [2.05, 4.69) is 69.0 Å². The minimum Gasteiger partial charge on any atom is -0.494 e. The molecule has 1 fully saturated rings. The highest BCUT2D eigenvalue weighted by atomic mass is 16.7. The van der Waals surface area contributed by atoms with Crippen molar-refractivity contribution in [3.05, 3.63) is 66.7 Å². The van der Waals surface area contributed by atoms with E-state index in [0.29, 0.717) is 5.92 Å². The molecule has 0 unspecified atom stereocenters. The molecule has 0 aromatic heterocycles. The largest absolute Gasteiger partial charge is 0.494 e. The van der Waals surface area contributed by atoms with Crippen LogP contribution < -0.4 is 4.74 Å². The molecule has 1 aliphatic heterocycles. The van der Waals surface area contributed by atoms with Gasteiger partial charge in [-0.2, -0.15) is 0 Å². The van der Waals surface area contributed by atoms with Crippen molar-refractivity contribution in [1.82, 2.24) is 0 Å². The van der Waals surface area contributed by atoms with Gasteiger partial charge in [0.15, 0.2) is 6.29 Å². The first kappa shape index (κ1) is 29.5. The van der Waals surface area contributed by atoms with Crippen LogP contribution in [0.25, 0.3) is 11.1 Å². The van der Waals surface area contributed by atoms with Crippen molar-refractivity contribution < 1.29 is 14.2 Å². The molecule has 2 aromatic rings. The van der Waals surface area contributed by atoms with Gasteiger partial charge >= 0.3 is 0 Å². The summed E-state index contributed by atoms with van der Waals surface area (Å²) in [5, 5.41) is 0. The smallest absolute Gasteiger partial charge is 0.183 e. The minimum atomic E-state index is -0.243. The van der Waals surface area contributed by atoms with E-state index >= 15 is 0 Å². The normalized spacial score (nSPS) is 18.4. The summed E-state index contributed by atoms with van der Waals surface area (Å²) in [4.78, 5) is 0. The van der Waals surface area contributed by atoms with Crippen LogP contribution >= 0.6 is 0 Å². The molecule has 3 nitrogen and oxygen atoms in total. The molecule has 1 aliphatic rings. The van der Waals surface area contributed by atoms with Crippen molar-refractivity contribution in [3.63, 3.8) is 0 Å². The topological polar surface area (TPSA) is 27.7 Å². The van der Waals surface area contributed by atoms with Crippen molar-refractivity contribution in [2.24, 2.45) is 11.8 Å². The molecule has 0 bridgehead atoms. The molecule has 0 saturated carbocycles. The summed E-state index contributed by atoms with van der Waals surface area (Å²) in [6, 6.07) is 17.0. The molecular formula is C34H50O3. The summed E-state index contributed by atoms with van der Waals surface area (Å²) in [5.41, 5.74) is 3.49. The zero-order valence-corrected chi connectivity index (χ0v) is 23.5. The van der Waals surface area contributed by atoms with Crippen LogP contribution in [-0.2, 0) is 9.47 Å². The van der Waals surface area contributed by atoms with Gasteiger partial charge in [-0.1, -0.05) is 108 Å². The second kappa shape index (κ2) is 17.4. The van der Waals surface area contributed by atoms with Crippen LogP contribution in [0.1, 0.15) is 103 Å². The Morgan fingerprint density at radius 1 is 0.838 bits per heavy atom. The van der Waals surface area contributed by atoms with Crippen LogP contribution in [0.4, 0.5) is 0 Å². The Balaban J connectivity index is 1.32. The number of hydrogen-bond acceptors (Lipinski definition) is 3. The first-order valence-corrected chi connectivity index (χ1v) is 14.9. The van der Waals surface area contributed by atoms with Crippen molar-refractivity contribution in [2.75, 3.05) is 19.8 Å². The molecule has 204 valence electrons. The molecule has 1 saturated heterocycles. The summed E-state index contributed by atoms with van der Waals surface area (Å²) in [6.45, 7) is 10.8. The average molecular weight is 507 g/mol. The second-order valence-corrected chi connectivity index (χ2v) is 10.9. The van der Waals surface area contributed by atoms with Gasteiger partial charge in [-0.3, -0.25) is 0 Å². The van der Waals surface area contributed by atoms with Gasteiger partial charge in [0.1, 0.15) is 5.75 Å². The summed E-state index contributed by atoms with van der Waals surface area (Å²) < 4.78 is 18.1. The van der Waals surface area contributed by atoms with Gasteiger partial charge in [0.05, 0.1) is 19.8 Å². The maximum Gasteiger partial charge on any atom is 0.183 e. The molecule has 0 amide bonds. The summed E-state index contributed by atoms with van der Waals surface area (Å²) in [6.07, 6.45) is 17.0. The summed E-state index contributed by atoms with van der Waals surface area (Å²) in [7, 11) is 0. The lowest BCUT2D eigenvalue weighted by Gasteiger charge is -2.30. The van der Waals surface area contributed by atoms with Crippen molar-refractivity contribution in [2.45, 2.75) is 97.2 Å². The SMILES string of the molecule is C=CCCCCCCCCCOc1ccc(-c2ccc(C3OCC(CCC[C@@H](C)CC)CO3)cc2)cc1. The maximum atomic E-state index is 6.07. The lowest BCUT2D eigenvalue weighted by atomic mass is 9.96. The van der Waals surface area contributed by atoms with E-state index in [0.717, 1.165) is 49.9 Å². The quantitative estimate of drug-likeness (QED) is 0.149. The molecule has 1 heterocycles. The fourth-order valence-electron chi connectivity index (χ4n) is 4.90. The van der Waals surface area contributed by atoms with Gasteiger partial charge in [-0.15, -0.1) is 6.58 Å². The van der Waals surface area contributed by atoms with Crippen LogP contribution in [0, 0.1) is 11.8 Å². The number of rotatable bonds is 18. The molecule has 3 heteroatoms. The van der Waals surface area contributed by atoms with Gasteiger partial charge in [0.2, 0.25) is 0 Å². The minimum absolute atomic E-state index is 0.243. The molecule has 1 atom stereocenters. The lowest BCUT2D eigenvalue weighted by Crippen LogP contribution is -2.27. The Morgan fingerprint density at radius 2 is 1.43 bits per heavy atom. The van der Waals surface area contributed by atoms with Crippen molar-refractivity contribution in [3.8, 4) is 16.9 Å². The number of hydrogen-bond donors (Lipinski definition) is 0. The standard InChI is InChI=1S/C34H50O3/c1-4-6-7-8-9-10-11-12-13-25-35-33-23-21-31(22-24-33)30-17-19-32(20-18-30)34-36-26-29(27-37-34)16-14-15-28(3)5-2/h4,17-24,28-29,34H,1,5-16,25-27H2,2-3H3/t28-,29?,34?/m0/s1. The van der Waals surface area contributed by atoms with Crippen molar-refractivity contribution >= 4 is 0 Å². The zero-order chi connectivity index (χ0) is 26.1. The third kappa shape index (κ3) is 11.0. The lowest BCUT2D eigenvalue weighted by molar-refractivity contribution is -0.206. The highest BCUT2D eigenvalue weighted by Crippen LogP contribution is 2.30. The van der Waals surface area contributed by atoms with Gasteiger partial charge < -0.3 is 14.2 Å². The Morgan fingerprint density at radius 3 is 2.05 bits per heavy atom. The van der Waals surface area contributed by atoms with Crippen LogP contribution in [0.2, 0.25) is 0 Å². The van der Waals surface area contributed by atoms with E-state index in [-0.39, 0.29) is 6.29 Å². The number of benzene rings is 2. The van der Waals surface area contributed by atoms with E-state index in [4.69, 9.17) is 14.2 Å². The van der Waals surface area contributed by atoms with Crippen LogP contribution in [0.15, 0.2) is 61.2 Å². The molecule has 37 heavy (non-hydrogen) atoms. The van der Waals surface area contributed by atoms with E-state index in [1.807, 2.05) is 6.08 Å². The number of unbranched alkanes of at least 4 members (excludes halogenated alkanes) is 7. The Bertz CT molecular complexity index is 850. The predicted octanol–water partition coefficient (Wildman–Crippen LogP) is 9.92. The molecule has 0 spiro atoms. The number of allylic oxidation sites excluding steroid dienone is 1. The highest BCUT2D eigenvalue weighted by Gasteiger charge is 2.23. The Kier molecular flexibility index (Phi) is 13.9. The fourth-order valence-corrected chi connectivity index (χ4v) is 4.90. The Labute approximate surface area is 226 Å².